The van der Waals surface area contributed by atoms with E-state index in [2.05, 4.69) is 157 Å². The van der Waals surface area contributed by atoms with Gasteiger partial charge in [-0.1, -0.05) is 109 Å². The summed E-state index contributed by atoms with van der Waals surface area (Å²) in [5, 5.41) is 4.89. The lowest BCUT2D eigenvalue weighted by molar-refractivity contribution is 0.590. The maximum Gasteiger partial charge on any atom is 0.220 e. The number of para-hydroxylation sites is 1. The van der Waals surface area contributed by atoms with Crippen LogP contribution in [-0.4, -0.2) is 4.98 Å². The molecule has 0 bridgehead atoms. The molecule has 7 aromatic carbocycles. The van der Waals surface area contributed by atoms with Crippen LogP contribution in [0.3, 0.4) is 0 Å². The number of rotatable bonds is 6. The Balaban J connectivity index is 1.08. The fourth-order valence-electron chi connectivity index (χ4n) is 5.87. The number of hydrogen-bond donors (Lipinski definition) is 0. The molecule has 1 aromatic heterocycles. The van der Waals surface area contributed by atoms with Crippen LogP contribution in [0, 0.1) is 0 Å². The van der Waals surface area contributed by atoms with Crippen molar-refractivity contribution < 1.29 is 4.42 Å². The first-order chi connectivity index (χ1) is 21.8. The SMILES string of the molecule is C(=C\c1nc2cc(-c3ccc4ccccc4c3)ccc2o1)/c1ccc(N(c2ccccc2)c2cccc3ccccc23)cc1. The maximum atomic E-state index is 6.06. The molecule has 0 aliphatic heterocycles. The van der Waals surface area contributed by atoms with Gasteiger partial charge >= 0.3 is 0 Å². The average molecular weight is 565 g/mol. The lowest BCUT2D eigenvalue weighted by Gasteiger charge is -2.27. The van der Waals surface area contributed by atoms with Crippen molar-refractivity contribution in [1.82, 2.24) is 4.98 Å². The number of hydrogen-bond acceptors (Lipinski definition) is 3. The molecule has 0 saturated carbocycles. The standard InChI is InChI=1S/C41H28N2O/c1-2-13-35(14-3-1)43(39-16-8-12-31-10-6-7-15-37(31)39)36-23-17-29(18-24-36)19-26-41-42-38-28-34(22-25-40(38)44-41)33-21-20-30-9-4-5-11-32(30)27-33/h1-28H/b26-19+. The van der Waals surface area contributed by atoms with Crippen molar-refractivity contribution in [3.05, 3.63) is 169 Å². The van der Waals surface area contributed by atoms with Crippen LogP contribution < -0.4 is 4.90 Å². The van der Waals surface area contributed by atoms with Gasteiger partial charge in [-0.25, -0.2) is 4.98 Å². The summed E-state index contributed by atoms with van der Waals surface area (Å²) in [6.45, 7) is 0. The van der Waals surface area contributed by atoms with Gasteiger partial charge in [0.05, 0.1) is 5.69 Å². The summed E-state index contributed by atoms with van der Waals surface area (Å²) in [5.74, 6) is 0.585. The van der Waals surface area contributed by atoms with E-state index in [1.165, 1.54) is 27.1 Å². The minimum absolute atomic E-state index is 0.585. The zero-order valence-corrected chi connectivity index (χ0v) is 24.0. The molecule has 8 aromatic rings. The zero-order valence-electron chi connectivity index (χ0n) is 24.0. The summed E-state index contributed by atoms with van der Waals surface area (Å²) < 4.78 is 6.06. The van der Waals surface area contributed by atoms with Crippen LogP contribution in [0.5, 0.6) is 0 Å². The summed E-state index contributed by atoms with van der Waals surface area (Å²) in [7, 11) is 0. The molecule has 0 radical (unpaired) electrons. The molecule has 0 saturated heterocycles. The van der Waals surface area contributed by atoms with E-state index in [1.807, 2.05) is 18.2 Å². The third kappa shape index (κ3) is 4.91. The van der Waals surface area contributed by atoms with Crippen LogP contribution in [0.4, 0.5) is 17.1 Å². The van der Waals surface area contributed by atoms with Crippen LogP contribution in [0.2, 0.25) is 0 Å². The van der Waals surface area contributed by atoms with Gasteiger partial charge in [-0.15, -0.1) is 0 Å². The number of benzene rings is 7. The molecule has 0 aliphatic rings. The van der Waals surface area contributed by atoms with Crippen LogP contribution in [-0.2, 0) is 0 Å². The summed E-state index contributed by atoms with van der Waals surface area (Å²) in [6.07, 6.45) is 3.98. The molecule has 44 heavy (non-hydrogen) atoms. The van der Waals surface area contributed by atoms with Crippen LogP contribution in [0.1, 0.15) is 11.5 Å². The third-order valence-electron chi connectivity index (χ3n) is 8.08. The van der Waals surface area contributed by atoms with Gasteiger partial charge in [0.2, 0.25) is 5.89 Å². The van der Waals surface area contributed by atoms with E-state index in [0.29, 0.717) is 5.89 Å². The predicted octanol–water partition coefficient (Wildman–Crippen LogP) is 11.4. The molecule has 0 atom stereocenters. The monoisotopic (exact) mass is 564 g/mol. The molecule has 0 spiro atoms. The molecule has 0 fully saturated rings. The fraction of sp³-hybridized carbons (Fsp3) is 0. The zero-order chi connectivity index (χ0) is 29.3. The van der Waals surface area contributed by atoms with Gasteiger partial charge in [0.25, 0.3) is 0 Å². The van der Waals surface area contributed by atoms with Crippen LogP contribution >= 0.6 is 0 Å². The lowest BCUT2D eigenvalue weighted by Crippen LogP contribution is -2.10. The Kier molecular flexibility index (Phi) is 6.47. The molecule has 0 amide bonds. The van der Waals surface area contributed by atoms with Crippen molar-refractivity contribution in [1.29, 1.82) is 0 Å². The third-order valence-corrected chi connectivity index (χ3v) is 8.08. The summed E-state index contributed by atoms with van der Waals surface area (Å²) in [4.78, 5) is 7.08. The number of aromatic nitrogens is 1. The average Bonchev–Trinajstić information content (AvgIpc) is 3.51. The van der Waals surface area contributed by atoms with E-state index in [-0.39, 0.29) is 0 Å². The second-order valence-electron chi connectivity index (χ2n) is 10.9. The minimum atomic E-state index is 0.585. The van der Waals surface area contributed by atoms with E-state index in [4.69, 9.17) is 9.40 Å². The van der Waals surface area contributed by atoms with Gasteiger partial charge in [-0.2, -0.15) is 0 Å². The molecule has 0 N–H and O–H groups in total. The fourth-order valence-corrected chi connectivity index (χ4v) is 5.87. The van der Waals surface area contributed by atoms with Gasteiger partial charge in [0.1, 0.15) is 5.52 Å². The highest BCUT2D eigenvalue weighted by molar-refractivity contribution is 5.99. The Labute approximate surface area is 256 Å². The van der Waals surface area contributed by atoms with Crippen LogP contribution in [0.25, 0.3) is 55.9 Å². The Morgan fingerprint density at radius 1 is 0.500 bits per heavy atom. The molecule has 0 unspecified atom stereocenters. The normalized spacial score (nSPS) is 11.5. The van der Waals surface area contributed by atoms with Gasteiger partial charge in [-0.05, 0) is 87.5 Å². The van der Waals surface area contributed by atoms with Crippen molar-refractivity contribution in [3.8, 4) is 11.1 Å². The summed E-state index contributed by atoms with van der Waals surface area (Å²) >= 11 is 0. The van der Waals surface area contributed by atoms with Crippen molar-refractivity contribution in [2.45, 2.75) is 0 Å². The smallest absolute Gasteiger partial charge is 0.220 e. The molecule has 3 nitrogen and oxygen atoms in total. The molecule has 0 aliphatic carbocycles. The van der Waals surface area contributed by atoms with Crippen molar-refractivity contribution in [2.75, 3.05) is 4.90 Å². The van der Waals surface area contributed by atoms with Gasteiger partial charge in [-0.3, -0.25) is 0 Å². The summed E-state index contributed by atoms with van der Waals surface area (Å²) in [5.41, 5.74) is 8.33. The highest BCUT2D eigenvalue weighted by Gasteiger charge is 2.15. The number of nitrogens with zero attached hydrogens (tertiary/aromatic N) is 2. The van der Waals surface area contributed by atoms with Gasteiger partial charge < -0.3 is 9.32 Å². The molecular formula is C41H28N2O. The largest absolute Gasteiger partial charge is 0.437 e. The first-order valence-electron chi connectivity index (χ1n) is 14.8. The van der Waals surface area contributed by atoms with E-state index < -0.39 is 0 Å². The Morgan fingerprint density at radius 2 is 1.18 bits per heavy atom. The van der Waals surface area contributed by atoms with Crippen LogP contribution in [0.15, 0.2) is 162 Å². The summed E-state index contributed by atoms with van der Waals surface area (Å²) in [6, 6.07) is 55.2. The quantitative estimate of drug-likeness (QED) is 0.201. The molecule has 1 heterocycles. The Bertz CT molecular complexity index is 2280. The second-order valence-corrected chi connectivity index (χ2v) is 10.9. The molecular weight excluding hydrogens is 536 g/mol. The molecule has 8 rings (SSSR count). The topological polar surface area (TPSA) is 29.3 Å². The maximum absolute atomic E-state index is 6.06. The van der Waals surface area contributed by atoms with Gasteiger partial charge in [0.15, 0.2) is 5.58 Å². The lowest BCUT2D eigenvalue weighted by atomic mass is 10.0. The number of fused-ring (bicyclic) bond motifs is 3. The van der Waals surface area contributed by atoms with E-state index in [0.717, 1.165) is 39.3 Å². The Hall–Kier alpha value is -5.93. The molecule has 3 heteroatoms. The number of anilines is 3. The minimum Gasteiger partial charge on any atom is -0.437 e. The highest BCUT2D eigenvalue weighted by atomic mass is 16.3. The number of oxazole rings is 1. The van der Waals surface area contributed by atoms with E-state index >= 15 is 0 Å². The highest BCUT2D eigenvalue weighted by Crippen LogP contribution is 2.38. The first-order valence-corrected chi connectivity index (χ1v) is 14.8. The van der Waals surface area contributed by atoms with Crippen molar-refractivity contribution in [2.24, 2.45) is 0 Å². The first kappa shape index (κ1) is 25.8. The Morgan fingerprint density at radius 3 is 2.05 bits per heavy atom. The second kappa shape index (κ2) is 11.0. The van der Waals surface area contributed by atoms with Crippen molar-refractivity contribution in [3.63, 3.8) is 0 Å². The van der Waals surface area contributed by atoms with E-state index in [1.54, 1.807) is 0 Å². The predicted molar refractivity (Wildman–Crippen MR) is 185 cm³/mol. The van der Waals surface area contributed by atoms with Crippen molar-refractivity contribution >= 4 is 61.9 Å². The molecule has 208 valence electrons. The van der Waals surface area contributed by atoms with E-state index in [9.17, 15) is 0 Å². The van der Waals surface area contributed by atoms with Gasteiger partial charge in [0, 0.05) is 22.8 Å².